The van der Waals surface area contributed by atoms with E-state index >= 15 is 0 Å². The molecule has 0 aliphatic heterocycles. The molecule has 0 aromatic heterocycles. The van der Waals surface area contributed by atoms with Crippen molar-refractivity contribution in [3.8, 4) is 0 Å². The topological polar surface area (TPSA) is 82.9 Å². The van der Waals surface area contributed by atoms with Gasteiger partial charge in [0, 0.05) is 9.43 Å². The normalized spacial score (nSPS) is 11.9. The minimum atomic E-state index is -3.88. The molecular formula is C11H16ClN3O2SSi. The van der Waals surface area contributed by atoms with E-state index in [1.54, 1.807) is 12.1 Å². The van der Waals surface area contributed by atoms with E-state index in [0.29, 0.717) is 0 Å². The van der Waals surface area contributed by atoms with Gasteiger partial charge in [0.05, 0.1) is 4.90 Å². The Morgan fingerprint density at radius 2 is 1.89 bits per heavy atom. The molecule has 19 heavy (non-hydrogen) atoms. The van der Waals surface area contributed by atoms with Gasteiger partial charge in [0.25, 0.3) is 10.0 Å². The van der Waals surface area contributed by atoms with Crippen LogP contribution in [-0.2, 0) is 16.4 Å². The number of aryl methyl sites for hydroxylation is 1. The summed E-state index contributed by atoms with van der Waals surface area (Å²) in [5, 5.41) is 0. The number of sulfonamides is 1. The highest BCUT2D eigenvalue weighted by Crippen LogP contribution is 2.19. The molecule has 0 saturated heterocycles. The van der Waals surface area contributed by atoms with Crippen LogP contribution in [0.5, 0.6) is 0 Å². The fraction of sp³-hybridized carbons (Fsp3) is 0.455. The summed E-state index contributed by atoms with van der Waals surface area (Å²) in [4.78, 5) is 2.32. The molecule has 0 atom stereocenters. The molecule has 0 aliphatic carbocycles. The number of hydrogen-bond acceptors (Lipinski definition) is 2. The molecule has 1 aromatic carbocycles. The quantitative estimate of drug-likeness (QED) is 0.260. The molecular weight excluding hydrogens is 302 g/mol. The van der Waals surface area contributed by atoms with Crippen molar-refractivity contribution < 1.29 is 8.42 Å². The van der Waals surface area contributed by atoms with Gasteiger partial charge in [-0.05, 0) is 35.7 Å². The zero-order valence-electron chi connectivity index (χ0n) is 10.9. The second-order valence-electron chi connectivity index (χ2n) is 4.86. The van der Waals surface area contributed by atoms with Gasteiger partial charge >= 0.3 is 0 Å². The summed E-state index contributed by atoms with van der Waals surface area (Å²) in [6.45, 7) is 4.20. The molecule has 0 unspecified atom stereocenters. The fourth-order valence-corrected chi connectivity index (χ4v) is 3.73. The summed E-state index contributed by atoms with van der Waals surface area (Å²) in [6.07, 6.45) is 1.86. The second kappa shape index (κ2) is 6.43. The molecule has 104 valence electrons. The van der Waals surface area contributed by atoms with Crippen LogP contribution in [0.4, 0.5) is 0 Å². The van der Waals surface area contributed by atoms with Crippen LogP contribution >= 0.6 is 11.1 Å². The maximum absolute atomic E-state index is 11.5. The van der Waals surface area contributed by atoms with Gasteiger partial charge in [-0.3, -0.25) is 0 Å². The van der Waals surface area contributed by atoms with Crippen molar-refractivity contribution in [1.82, 2.24) is 0 Å². The second-order valence-corrected chi connectivity index (χ2v) is 13.5. The minimum Gasteiger partial charge on any atom is -0.216 e. The minimum absolute atomic E-state index is 0.0149. The largest absolute Gasteiger partial charge is 0.264 e. The highest BCUT2D eigenvalue weighted by atomic mass is 35.6. The first kappa shape index (κ1) is 16.0. The third-order valence-electron chi connectivity index (χ3n) is 2.60. The molecule has 0 heterocycles. The van der Waals surface area contributed by atoms with Crippen molar-refractivity contribution in [2.75, 3.05) is 0 Å². The van der Waals surface area contributed by atoms with Crippen LogP contribution < -0.4 is 0 Å². The number of nitrogens with zero attached hydrogens (tertiary/aromatic N) is 3. The summed E-state index contributed by atoms with van der Waals surface area (Å²) in [6, 6.07) is 7.42. The average Bonchev–Trinajstić information content (AvgIpc) is 2.28. The van der Waals surface area contributed by atoms with Crippen LogP contribution in [0.1, 0.15) is 12.0 Å². The monoisotopic (exact) mass is 317 g/mol. The van der Waals surface area contributed by atoms with Crippen LogP contribution in [0.15, 0.2) is 33.7 Å². The van der Waals surface area contributed by atoms with Crippen molar-refractivity contribution in [3.05, 3.63) is 40.3 Å². The number of halogens is 1. The Morgan fingerprint density at radius 3 is 2.37 bits per heavy atom. The maximum Gasteiger partial charge on any atom is 0.264 e. The summed E-state index contributed by atoms with van der Waals surface area (Å²) in [5.41, 5.74) is 9.23. The van der Waals surface area contributed by atoms with Crippen LogP contribution in [-0.4, -0.2) is 15.8 Å². The third kappa shape index (κ3) is 5.65. The summed E-state index contributed by atoms with van der Waals surface area (Å²) in [7, 11) is -5.42. The van der Waals surface area contributed by atoms with Crippen molar-refractivity contribution in [3.63, 3.8) is 0 Å². The number of benzene rings is 1. The predicted octanol–water partition coefficient (Wildman–Crippen LogP) is 4.06. The van der Waals surface area contributed by atoms with E-state index in [4.69, 9.17) is 16.6 Å². The van der Waals surface area contributed by atoms with Crippen LogP contribution in [0, 0.1) is 0 Å². The Labute approximate surface area is 119 Å². The first-order valence-electron chi connectivity index (χ1n) is 5.84. The van der Waals surface area contributed by atoms with Crippen molar-refractivity contribution in [2.24, 2.45) is 4.52 Å². The standard InChI is InChI=1S/C11H16ClN3O2SSi/c1-19(2,12)9-3-4-10-5-7-11(8-6-10)18(16,17)15-14-13/h5-8H,3-4,9H2,1-2H3. The van der Waals surface area contributed by atoms with Crippen molar-refractivity contribution >= 4 is 28.5 Å². The van der Waals surface area contributed by atoms with Crippen molar-refractivity contribution in [2.45, 2.75) is 36.9 Å². The molecule has 0 N–H and O–H groups in total. The smallest absolute Gasteiger partial charge is 0.216 e. The van der Waals surface area contributed by atoms with Crippen LogP contribution in [0.25, 0.3) is 10.4 Å². The Kier molecular flexibility index (Phi) is 5.43. The predicted molar refractivity (Wildman–Crippen MR) is 79.2 cm³/mol. The van der Waals surface area contributed by atoms with Gasteiger partial charge in [-0.1, -0.05) is 31.6 Å². The molecule has 1 rings (SSSR count). The van der Waals surface area contributed by atoms with Gasteiger partial charge < -0.3 is 0 Å². The maximum atomic E-state index is 11.5. The van der Waals surface area contributed by atoms with Crippen LogP contribution in [0.3, 0.4) is 0 Å². The van der Waals surface area contributed by atoms with Crippen LogP contribution in [0.2, 0.25) is 19.1 Å². The zero-order chi connectivity index (χ0) is 14.5. The fourth-order valence-electron chi connectivity index (χ4n) is 1.64. The van der Waals surface area contributed by atoms with Gasteiger partial charge in [-0.15, -0.1) is 0 Å². The first-order valence-corrected chi connectivity index (χ1v) is 11.5. The van der Waals surface area contributed by atoms with E-state index < -0.39 is 17.4 Å². The van der Waals surface area contributed by atoms with Gasteiger partial charge in [-0.2, -0.15) is 11.1 Å². The molecule has 0 fully saturated rings. The number of hydrogen-bond donors (Lipinski definition) is 0. The van der Waals surface area contributed by atoms with Gasteiger partial charge in [0.1, 0.15) is 0 Å². The lowest BCUT2D eigenvalue weighted by atomic mass is 10.1. The lowest BCUT2D eigenvalue weighted by Crippen LogP contribution is -2.15. The lowest BCUT2D eigenvalue weighted by molar-refractivity contribution is 0.597. The van der Waals surface area contributed by atoms with Gasteiger partial charge in [-0.25, -0.2) is 8.42 Å². The highest BCUT2D eigenvalue weighted by molar-refractivity contribution is 7.90. The van der Waals surface area contributed by atoms with E-state index in [9.17, 15) is 8.42 Å². The molecule has 0 aliphatic rings. The molecule has 0 saturated carbocycles. The highest BCUT2D eigenvalue weighted by Gasteiger charge is 2.16. The molecule has 0 radical (unpaired) electrons. The number of azide groups is 1. The summed E-state index contributed by atoms with van der Waals surface area (Å²) in [5.74, 6) is 0. The SMILES string of the molecule is C[Si](C)(Cl)CCCc1ccc(S(=O)(=O)N=[N+]=[N-])cc1. The van der Waals surface area contributed by atoms with E-state index in [1.807, 2.05) is 0 Å². The van der Waals surface area contributed by atoms with Gasteiger partial charge in [0.15, 0.2) is 7.38 Å². The third-order valence-corrected chi connectivity index (χ3v) is 5.87. The first-order chi connectivity index (χ1) is 8.74. The van der Waals surface area contributed by atoms with Gasteiger partial charge in [0.2, 0.25) is 0 Å². The van der Waals surface area contributed by atoms with E-state index in [2.05, 4.69) is 22.5 Å². The lowest BCUT2D eigenvalue weighted by Gasteiger charge is -2.12. The molecule has 1 aromatic rings. The van der Waals surface area contributed by atoms with E-state index in [1.165, 1.54) is 12.1 Å². The number of rotatable bonds is 6. The Hall–Kier alpha value is -1.01. The molecule has 0 bridgehead atoms. The van der Waals surface area contributed by atoms with Crippen molar-refractivity contribution in [1.29, 1.82) is 0 Å². The Bertz CT molecular complexity index is 575. The zero-order valence-corrected chi connectivity index (χ0v) is 13.4. The molecule has 0 amide bonds. The Morgan fingerprint density at radius 1 is 1.32 bits per heavy atom. The Balaban J connectivity index is 2.70. The summed E-state index contributed by atoms with van der Waals surface area (Å²) < 4.78 is 25.7. The molecule has 8 heteroatoms. The molecule has 0 spiro atoms. The summed E-state index contributed by atoms with van der Waals surface area (Å²) >= 11 is 6.23. The molecule has 5 nitrogen and oxygen atoms in total. The van der Waals surface area contributed by atoms with E-state index in [-0.39, 0.29) is 4.90 Å². The van der Waals surface area contributed by atoms with E-state index in [0.717, 1.165) is 24.4 Å². The average molecular weight is 318 g/mol.